The molecule has 0 aromatic carbocycles. The maximum Gasteiger partial charge on any atom is 0.111 e. The molecule has 4 nitrogen and oxygen atoms in total. The van der Waals surface area contributed by atoms with E-state index < -0.39 is 0 Å². The molecule has 1 saturated heterocycles. The van der Waals surface area contributed by atoms with Gasteiger partial charge in [0.1, 0.15) is 5.01 Å². The van der Waals surface area contributed by atoms with Gasteiger partial charge < -0.3 is 10.2 Å². The summed E-state index contributed by atoms with van der Waals surface area (Å²) in [5.41, 5.74) is 1.18. The van der Waals surface area contributed by atoms with Crippen molar-refractivity contribution in [2.24, 2.45) is 0 Å². The molecule has 2 unspecified atom stereocenters. The number of nitrogens with zero attached hydrogens (tertiary/aromatic N) is 3. The quantitative estimate of drug-likeness (QED) is 0.901. The maximum absolute atomic E-state index is 4.82. The SMILES string of the molecule is CCNC(C)c1csc(C2CN(C)CCN2C)n1. The molecule has 5 heteroatoms. The van der Waals surface area contributed by atoms with E-state index >= 15 is 0 Å². The number of likely N-dealkylation sites (N-methyl/N-ethyl adjacent to an activating group) is 2. The van der Waals surface area contributed by atoms with Gasteiger partial charge in [0.05, 0.1) is 11.7 Å². The van der Waals surface area contributed by atoms with E-state index in [2.05, 4.69) is 48.4 Å². The Morgan fingerprint density at radius 3 is 3.00 bits per heavy atom. The highest BCUT2D eigenvalue weighted by Crippen LogP contribution is 2.27. The molecule has 102 valence electrons. The van der Waals surface area contributed by atoms with E-state index in [0.717, 1.165) is 26.2 Å². The third-order valence-electron chi connectivity index (χ3n) is 3.63. The largest absolute Gasteiger partial charge is 0.309 e. The number of nitrogens with one attached hydrogen (secondary N) is 1. The fourth-order valence-electron chi connectivity index (χ4n) is 2.34. The molecule has 0 radical (unpaired) electrons. The molecule has 1 aromatic heterocycles. The van der Waals surface area contributed by atoms with Gasteiger partial charge in [0.15, 0.2) is 0 Å². The molecule has 2 atom stereocenters. The second-order valence-electron chi connectivity index (χ2n) is 5.15. The van der Waals surface area contributed by atoms with Gasteiger partial charge in [0, 0.05) is 31.1 Å². The van der Waals surface area contributed by atoms with E-state index in [1.807, 2.05) is 0 Å². The van der Waals surface area contributed by atoms with Crippen LogP contribution in [0.5, 0.6) is 0 Å². The second kappa shape index (κ2) is 6.10. The Morgan fingerprint density at radius 2 is 2.28 bits per heavy atom. The van der Waals surface area contributed by atoms with Crippen molar-refractivity contribution in [1.29, 1.82) is 0 Å². The third-order valence-corrected chi connectivity index (χ3v) is 4.59. The highest BCUT2D eigenvalue weighted by atomic mass is 32.1. The minimum atomic E-state index is 0.353. The molecule has 0 aliphatic carbocycles. The maximum atomic E-state index is 4.82. The lowest BCUT2D eigenvalue weighted by Crippen LogP contribution is -2.44. The van der Waals surface area contributed by atoms with E-state index in [1.165, 1.54) is 10.7 Å². The van der Waals surface area contributed by atoms with Crippen LogP contribution in [0.25, 0.3) is 0 Å². The monoisotopic (exact) mass is 268 g/mol. The molecule has 0 bridgehead atoms. The van der Waals surface area contributed by atoms with Crippen molar-refractivity contribution in [3.63, 3.8) is 0 Å². The van der Waals surface area contributed by atoms with Gasteiger partial charge in [-0.05, 0) is 27.6 Å². The summed E-state index contributed by atoms with van der Waals surface area (Å²) < 4.78 is 0. The smallest absolute Gasteiger partial charge is 0.111 e. The van der Waals surface area contributed by atoms with Gasteiger partial charge in [-0.3, -0.25) is 4.90 Å². The molecule has 1 aliphatic rings. The Morgan fingerprint density at radius 1 is 1.50 bits per heavy atom. The minimum Gasteiger partial charge on any atom is -0.309 e. The molecule has 0 spiro atoms. The van der Waals surface area contributed by atoms with Crippen LogP contribution in [0.2, 0.25) is 0 Å². The average Bonchev–Trinajstić information content (AvgIpc) is 2.82. The van der Waals surface area contributed by atoms with Crippen LogP contribution in [0.3, 0.4) is 0 Å². The molecular weight excluding hydrogens is 244 g/mol. The summed E-state index contributed by atoms with van der Waals surface area (Å²) in [6.45, 7) is 8.66. The average molecular weight is 268 g/mol. The van der Waals surface area contributed by atoms with Crippen LogP contribution in [0.4, 0.5) is 0 Å². The number of hydrogen-bond donors (Lipinski definition) is 1. The van der Waals surface area contributed by atoms with Crippen molar-refractivity contribution in [2.75, 3.05) is 40.3 Å². The summed E-state index contributed by atoms with van der Waals surface area (Å²) in [6, 6.07) is 0.808. The lowest BCUT2D eigenvalue weighted by atomic mass is 10.2. The van der Waals surface area contributed by atoms with Crippen LogP contribution in [0.15, 0.2) is 5.38 Å². The van der Waals surface area contributed by atoms with E-state index in [9.17, 15) is 0 Å². The van der Waals surface area contributed by atoms with E-state index in [1.54, 1.807) is 11.3 Å². The summed E-state index contributed by atoms with van der Waals surface area (Å²) >= 11 is 1.80. The zero-order chi connectivity index (χ0) is 13.1. The van der Waals surface area contributed by atoms with Gasteiger partial charge in [-0.25, -0.2) is 4.98 Å². The Labute approximate surface area is 114 Å². The second-order valence-corrected chi connectivity index (χ2v) is 6.04. The summed E-state index contributed by atoms with van der Waals surface area (Å²) in [5.74, 6) is 0. The van der Waals surface area contributed by atoms with Gasteiger partial charge in [-0.2, -0.15) is 0 Å². The summed E-state index contributed by atoms with van der Waals surface area (Å²) in [7, 11) is 4.39. The molecule has 0 saturated carbocycles. The van der Waals surface area contributed by atoms with Crippen molar-refractivity contribution in [1.82, 2.24) is 20.1 Å². The van der Waals surface area contributed by atoms with Gasteiger partial charge in [-0.15, -0.1) is 11.3 Å². The first-order chi connectivity index (χ1) is 8.61. The first-order valence-corrected chi connectivity index (χ1v) is 7.57. The van der Waals surface area contributed by atoms with E-state index in [0.29, 0.717) is 12.1 Å². The predicted octanol–water partition coefficient (Wildman–Crippen LogP) is 1.73. The molecule has 2 heterocycles. The molecule has 1 aromatic rings. The number of aromatic nitrogens is 1. The summed E-state index contributed by atoms with van der Waals surface area (Å²) in [4.78, 5) is 9.63. The fourth-order valence-corrected chi connectivity index (χ4v) is 3.41. The van der Waals surface area contributed by atoms with E-state index in [4.69, 9.17) is 4.98 Å². The fraction of sp³-hybridized carbons (Fsp3) is 0.769. The van der Waals surface area contributed by atoms with Crippen LogP contribution >= 0.6 is 11.3 Å². The predicted molar refractivity (Wildman–Crippen MR) is 77.1 cm³/mol. The Balaban J connectivity index is 2.08. The molecule has 2 rings (SSSR count). The zero-order valence-corrected chi connectivity index (χ0v) is 12.6. The zero-order valence-electron chi connectivity index (χ0n) is 11.8. The van der Waals surface area contributed by atoms with Crippen LogP contribution in [0.1, 0.15) is 36.6 Å². The molecular formula is C13H24N4S. The number of thiazole rings is 1. The Hall–Kier alpha value is -0.490. The normalized spacial score (nSPS) is 24.3. The lowest BCUT2D eigenvalue weighted by Gasteiger charge is -2.36. The van der Waals surface area contributed by atoms with Crippen molar-refractivity contribution >= 4 is 11.3 Å². The molecule has 18 heavy (non-hydrogen) atoms. The van der Waals surface area contributed by atoms with E-state index in [-0.39, 0.29) is 0 Å². The van der Waals surface area contributed by atoms with Crippen LogP contribution in [-0.4, -0.2) is 55.1 Å². The highest BCUT2D eigenvalue weighted by Gasteiger charge is 2.26. The number of piperazine rings is 1. The minimum absolute atomic E-state index is 0.353. The number of rotatable bonds is 4. The van der Waals surface area contributed by atoms with Gasteiger partial charge in [0.2, 0.25) is 0 Å². The number of hydrogen-bond acceptors (Lipinski definition) is 5. The molecule has 1 N–H and O–H groups in total. The van der Waals surface area contributed by atoms with Crippen LogP contribution in [-0.2, 0) is 0 Å². The van der Waals surface area contributed by atoms with Crippen molar-refractivity contribution in [3.05, 3.63) is 16.1 Å². The summed E-state index contributed by atoms with van der Waals surface area (Å²) in [5, 5.41) is 6.87. The molecule has 0 amide bonds. The van der Waals surface area contributed by atoms with Crippen molar-refractivity contribution in [2.45, 2.75) is 25.9 Å². The van der Waals surface area contributed by atoms with Gasteiger partial charge in [-0.1, -0.05) is 6.92 Å². The Bertz CT molecular complexity index is 379. The van der Waals surface area contributed by atoms with Crippen LogP contribution in [0, 0.1) is 0 Å². The standard InChI is InChI=1S/C13H24N4S/c1-5-14-10(2)11-9-18-13(15-11)12-8-16(3)6-7-17(12)4/h9-10,12,14H,5-8H2,1-4H3. The highest BCUT2D eigenvalue weighted by molar-refractivity contribution is 7.09. The van der Waals surface area contributed by atoms with Crippen molar-refractivity contribution in [3.8, 4) is 0 Å². The Kier molecular flexibility index (Phi) is 4.72. The third kappa shape index (κ3) is 3.09. The summed E-state index contributed by atoms with van der Waals surface area (Å²) in [6.07, 6.45) is 0. The van der Waals surface area contributed by atoms with Gasteiger partial charge in [0.25, 0.3) is 0 Å². The molecule has 1 aliphatic heterocycles. The first kappa shape index (κ1) is 13.9. The lowest BCUT2D eigenvalue weighted by molar-refractivity contribution is 0.115. The first-order valence-electron chi connectivity index (χ1n) is 6.69. The topological polar surface area (TPSA) is 31.4 Å². The van der Waals surface area contributed by atoms with Crippen LogP contribution < -0.4 is 5.32 Å². The van der Waals surface area contributed by atoms with Crippen molar-refractivity contribution < 1.29 is 0 Å². The molecule has 1 fully saturated rings. The van der Waals surface area contributed by atoms with Gasteiger partial charge >= 0.3 is 0 Å².